The Balaban J connectivity index is 2.47. The molecular weight excluding hydrogens is 235 g/mol. The number of carbonyl (C=O) groups is 1. The van der Waals surface area contributed by atoms with Gasteiger partial charge in [-0.15, -0.1) is 0 Å². The molecule has 0 aliphatic heterocycles. The van der Waals surface area contributed by atoms with E-state index in [4.69, 9.17) is 23.2 Å². The molecule has 0 spiro atoms. The monoisotopic (exact) mass is 240 g/mol. The van der Waals surface area contributed by atoms with Crippen molar-refractivity contribution in [2.24, 2.45) is 0 Å². The van der Waals surface area contributed by atoms with E-state index >= 15 is 0 Å². The molecule has 15 heavy (non-hydrogen) atoms. The Labute approximate surface area is 96.1 Å². The molecule has 0 radical (unpaired) electrons. The van der Waals surface area contributed by atoms with Crippen LogP contribution < -0.4 is 0 Å². The fraction of sp³-hybridized carbons (Fsp3) is 0. The maximum absolute atomic E-state index is 11.8. The number of nitrogens with one attached hydrogen (secondary N) is 1. The number of rotatable bonds is 2. The minimum atomic E-state index is -0.271. The number of aromatic nitrogens is 2. The normalized spacial score (nSPS) is 10.3. The highest BCUT2D eigenvalue weighted by molar-refractivity contribution is 6.44. The van der Waals surface area contributed by atoms with E-state index in [-0.39, 0.29) is 16.6 Å². The third kappa shape index (κ3) is 1.89. The molecule has 1 aromatic heterocycles. The molecule has 0 saturated heterocycles. The summed E-state index contributed by atoms with van der Waals surface area (Å²) in [6.45, 7) is 0. The van der Waals surface area contributed by atoms with Crippen molar-refractivity contribution < 1.29 is 4.79 Å². The highest BCUT2D eigenvalue weighted by atomic mass is 35.5. The maximum atomic E-state index is 11.8. The first-order valence-corrected chi connectivity index (χ1v) is 4.94. The van der Waals surface area contributed by atoms with Gasteiger partial charge in [0.1, 0.15) is 0 Å². The average molecular weight is 241 g/mol. The Morgan fingerprint density at radius 2 is 2.13 bits per heavy atom. The van der Waals surface area contributed by atoms with Gasteiger partial charge in [0.25, 0.3) is 0 Å². The zero-order valence-corrected chi connectivity index (χ0v) is 9.01. The van der Waals surface area contributed by atoms with Gasteiger partial charge in [0, 0.05) is 18.0 Å². The number of imidazole rings is 1. The Morgan fingerprint density at radius 1 is 1.33 bits per heavy atom. The predicted octanol–water partition coefficient (Wildman–Crippen LogP) is 2.95. The number of aromatic amines is 1. The number of carbonyl (C=O) groups excluding carboxylic acids is 1. The van der Waals surface area contributed by atoms with Crippen molar-refractivity contribution in [2.75, 3.05) is 0 Å². The van der Waals surface area contributed by atoms with Crippen LogP contribution in [-0.2, 0) is 0 Å². The van der Waals surface area contributed by atoms with E-state index < -0.39 is 0 Å². The second-order valence-corrected chi connectivity index (χ2v) is 3.65. The van der Waals surface area contributed by atoms with Crippen LogP contribution in [-0.4, -0.2) is 15.8 Å². The van der Waals surface area contributed by atoms with Crippen molar-refractivity contribution in [2.45, 2.75) is 0 Å². The lowest BCUT2D eigenvalue weighted by Crippen LogP contribution is -2.04. The standard InChI is InChI=1S/C10H6Cl2N2O/c11-7-3-1-2-6(8(7)12)9(15)10-13-4-5-14-10/h1-5H,(H,13,14). The van der Waals surface area contributed by atoms with Crippen LogP contribution in [0.25, 0.3) is 0 Å². The smallest absolute Gasteiger partial charge is 0.229 e. The molecule has 0 aliphatic rings. The van der Waals surface area contributed by atoms with Gasteiger partial charge in [-0.2, -0.15) is 0 Å². The van der Waals surface area contributed by atoms with E-state index in [1.54, 1.807) is 24.4 Å². The average Bonchev–Trinajstić information content (AvgIpc) is 2.74. The van der Waals surface area contributed by atoms with Gasteiger partial charge < -0.3 is 4.98 Å². The predicted molar refractivity (Wildman–Crippen MR) is 58.5 cm³/mol. The van der Waals surface area contributed by atoms with E-state index in [1.165, 1.54) is 6.20 Å². The van der Waals surface area contributed by atoms with Gasteiger partial charge in [-0.25, -0.2) is 4.98 Å². The van der Waals surface area contributed by atoms with Gasteiger partial charge in [0.2, 0.25) is 5.78 Å². The van der Waals surface area contributed by atoms with Crippen LogP contribution in [0.2, 0.25) is 10.0 Å². The number of halogens is 2. The Hall–Kier alpha value is -1.32. The Kier molecular flexibility index (Phi) is 2.75. The zero-order valence-electron chi connectivity index (χ0n) is 7.50. The second-order valence-electron chi connectivity index (χ2n) is 2.87. The summed E-state index contributed by atoms with van der Waals surface area (Å²) in [4.78, 5) is 18.4. The topological polar surface area (TPSA) is 45.8 Å². The largest absolute Gasteiger partial charge is 0.342 e. The summed E-state index contributed by atoms with van der Waals surface area (Å²) in [5, 5.41) is 0.606. The van der Waals surface area contributed by atoms with Gasteiger partial charge in [-0.05, 0) is 12.1 Å². The lowest BCUT2D eigenvalue weighted by atomic mass is 10.1. The van der Waals surface area contributed by atoms with E-state index in [0.717, 1.165) is 0 Å². The molecule has 0 bridgehead atoms. The third-order valence-electron chi connectivity index (χ3n) is 1.91. The van der Waals surface area contributed by atoms with Gasteiger partial charge >= 0.3 is 0 Å². The fourth-order valence-electron chi connectivity index (χ4n) is 1.20. The lowest BCUT2D eigenvalue weighted by Gasteiger charge is -2.02. The fourth-order valence-corrected chi connectivity index (χ4v) is 1.58. The van der Waals surface area contributed by atoms with E-state index in [1.807, 2.05) is 0 Å². The maximum Gasteiger partial charge on any atom is 0.229 e. The molecule has 0 amide bonds. The number of ketones is 1. The summed E-state index contributed by atoms with van der Waals surface area (Å²) in [7, 11) is 0. The first-order valence-electron chi connectivity index (χ1n) is 4.18. The molecule has 3 nitrogen and oxygen atoms in total. The molecule has 0 atom stereocenters. The summed E-state index contributed by atoms with van der Waals surface area (Å²) >= 11 is 11.7. The second kappa shape index (κ2) is 4.04. The van der Waals surface area contributed by atoms with Crippen LogP contribution in [0.5, 0.6) is 0 Å². The van der Waals surface area contributed by atoms with Crippen molar-refractivity contribution in [3.63, 3.8) is 0 Å². The molecule has 1 N–H and O–H groups in total. The van der Waals surface area contributed by atoms with Crippen LogP contribution in [0, 0.1) is 0 Å². The Morgan fingerprint density at radius 3 is 2.80 bits per heavy atom. The Bertz CT molecular complexity index is 494. The highest BCUT2D eigenvalue weighted by Gasteiger charge is 2.16. The number of hydrogen-bond acceptors (Lipinski definition) is 2. The van der Waals surface area contributed by atoms with Gasteiger partial charge in [0.15, 0.2) is 5.82 Å². The minimum absolute atomic E-state index is 0.249. The van der Waals surface area contributed by atoms with Crippen molar-refractivity contribution in [1.29, 1.82) is 0 Å². The van der Waals surface area contributed by atoms with Crippen molar-refractivity contribution >= 4 is 29.0 Å². The van der Waals surface area contributed by atoms with Gasteiger partial charge in [-0.1, -0.05) is 29.3 Å². The third-order valence-corrected chi connectivity index (χ3v) is 2.73. The summed E-state index contributed by atoms with van der Waals surface area (Å²) < 4.78 is 0. The first-order chi connectivity index (χ1) is 7.20. The van der Waals surface area contributed by atoms with Crippen LogP contribution in [0.3, 0.4) is 0 Å². The molecule has 0 fully saturated rings. The quantitative estimate of drug-likeness (QED) is 0.821. The minimum Gasteiger partial charge on any atom is -0.342 e. The molecular formula is C10H6Cl2N2O. The lowest BCUT2D eigenvalue weighted by molar-refractivity contribution is 0.103. The van der Waals surface area contributed by atoms with Crippen molar-refractivity contribution in [1.82, 2.24) is 9.97 Å². The van der Waals surface area contributed by atoms with Crippen LogP contribution in [0.1, 0.15) is 16.2 Å². The van der Waals surface area contributed by atoms with Crippen LogP contribution in [0.4, 0.5) is 0 Å². The van der Waals surface area contributed by atoms with Crippen molar-refractivity contribution in [3.8, 4) is 0 Å². The number of hydrogen-bond donors (Lipinski definition) is 1. The van der Waals surface area contributed by atoms with E-state index in [9.17, 15) is 4.79 Å². The number of benzene rings is 1. The van der Waals surface area contributed by atoms with E-state index in [2.05, 4.69) is 9.97 Å². The number of nitrogens with zero attached hydrogens (tertiary/aromatic N) is 1. The summed E-state index contributed by atoms with van der Waals surface area (Å²) in [5.41, 5.74) is 0.346. The molecule has 76 valence electrons. The van der Waals surface area contributed by atoms with Crippen LogP contribution >= 0.6 is 23.2 Å². The summed E-state index contributed by atoms with van der Waals surface area (Å²) in [5.74, 6) is -0.0216. The highest BCUT2D eigenvalue weighted by Crippen LogP contribution is 2.26. The van der Waals surface area contributed by atoms with E-state index in [0.29, 0.717) is 10.6 Å². The van der Waals surface area contributed by atoms with Gasteiger partial charge in [0.05, 0.1) is 10.0 Å². The zero-order chi connectivity index (χ0) is 10.8. The molecule has 1 heterocycles. The summed E-state index contributed by atoms with van der Waals surface area (Å²) in [6, 6.07) is 4.91. The molecule has 1 aromatic carbocycles. The van der Waals surface area contributed by atoms with Crippen LogP contribution in [0.15, 0.2) is 30.6 Å². The van der Waals surface area contributed by atoms with Gasteiger partial charge in [-0.3, -0.25) is 4.79 Å². The number of H-pyrrole nitrogens is 1. The SMILES string of the molecule is O=C(c1ncc[nH]1)c1cccc(Cl)c1Cl. The molecule has 0 aliphatic carbocycles. The molecule has 0 saturated carbocycles. The first kappa shape index (κ1) is 10.2. The van der Waals surface area contributed by atoms with Crippen molar-refractivity contribution in [3.05, 3.63) is 52.0 Å². The molecule has 2 rings (SSSR count). The summed E-state index contributed by atoms with van der Waals surface area (Å²) in [6.07, 6.45) is 3.08. The molecule has 5 heteroatoms. The molecule has 2 aromatic rings. The molecule has 0 unspecified atom stereocenters.